The highest BCUT2D eigenvalue weighted by molar-refractivity contribution is 9.11. The largest absolute Gasteiger partial charge is 0.387 e. The molecule has 96 valence electrons. The fraction of sp³-hybridized carbons (Fsp3) is 0.357. The molecule has 0 aromatic carbocycles. The zero-order chi connectivity index (χ0) is 13.1. The molecule has 0 aliphatic heterocycles. The van der Waals surface area contributed by atoms with E-state index in [1.165, 1.54) is 11.1 Å². The number of aliphatic hydroxyl groups excluding tert-OH is 1. The summed E-state index contributed by atoms with van der Waals surface area (Å²) in [7, 11) is 0. The monoisotopic (exact) mass is 325 g/mol. The molecule has 0 radical (unpaired) electrons. The van der Waals surface area contributed by atoms with E-state index in [1.54, 1.807) is 11.3 Å². The number of nitrogens with zero attached hydrogens (tertiary/aromatic N) is 1. The summed E-state index contributed by atoms with van der Waals surface area (Å²) < 4.78 is 1.09. The Kier molecular flexibility index (Phi) is 4.54. The van der Waals surface area contributed by atoms with Gasteiger partial charge in [-0.25, -0.2) is 0 Å². The molecule has 2 rings (SSSR count). The summed E-state index contributed by atoms with van der Waals surface area (Å²) in [4.78, 5) is 5.36. The first-order chi connectivity index (χ1) is 8.60. The molecule has 4 heteroatoms. The molecule has 2 heterocycles. The van der Waals surface area contributed by atoms with E-state index in [0.29, 0.717) is 6.42 Å². The number of thiophene rings is 1. The van der Waals surface area contributed by atoms with Crippen LogP contribution in [0.1, 0.15) is 34.7 Å². The van der Waals surface area contributed by atoms with Gasteiger partial charge in [-0.15, -0.1) is 11.3 Å². The van der Waals surface area contributed by atoms with Crippen molar-refractivity contribution in [2.45, 2.75) is 32.8 Å². The third kappa shape index (κ3) is 3.19. The van der Waals surface area contributed by atoms with Crippen LogP contribution >= 0.6 is 27.3 Å². The van der Waals surface area contributed by atoms with Gasteiger partial charge in [-0.3, -0.25) is 4.98 Å². The van der Waals surface area contributed by atoms with Gasteiger partial charge in [0.05, 0.1) is 9.89 Å². The van der Waals surface area contributed by atoms with Crippen molar-refractivity contribution in [2.75, 3.05) is 0 Å². The second-order valence-corrected chi connectivity index (χ2v) is 6.74. The highest BCUT2D eigenvalue weighted by atomic mass is 79.9. The minimum atomic E-state index is -0.472. The van der Waals surface area contributed by atoms with Gasteiger partial charge in [-0.05, 0) is 52.5 Å². The minimum Gasteiger partial charge on any atom is -0.387 e. The Morgan fingerprint density at radius 3 is 2.72 bits per heavy atom. The average Bonchev–Trinajstić information content (AvgIpc) is 2.71. The van der Waals surface area contributed by atoms with Gasteiger partial charge < -0.3 is 5.11 Å². The van der Waals surface area contributed by atoms with Gasteiger partial charge in [0.25, 0.3) is 0 Å². The maximum Gasteiger partial charge on any atom is 0.0937 e. The van der Waals surface area contributed by atoms with E-state index in [4.69, 9.17) is 0 Å². The number of rotatable bonds is 4. The number of pyridine rings is 1. The Labute approximate surface area is 120 Å². The van der Waals surface area contributed by atoms with Crippen molar-refractivity contribution in [2.24, 2.45) is 0 Å². The normalized spacial score (nSPS) is 12.7. The number of aromatic nitrogens is 1. The molecule has 0 bridgehead atoms. The predicted molar refractivity (Wildman–Crippen MR) is 79.0 cm³/mol. The molecule has 18 heavy (non-hydrogen) atoms. The zero-order valence-corrected chi connectivity index (χ0v) is 12.9. The first kappa shape index (κ1) is 13.7. The van der Waals surface area contributed by atoms with Gasteiger partial charge in [-0.2, -0.15) is 0 Å². The average molecular weight is 326 g/mol. The fourth-order valence-corrected chi connectivity index (χ4v) is 3.29. The molecule has 0 fully saturated rings. The molecule has 0 aliphatic carbocycles. The lowest BCUT2D eigenvalue weighted by atomic mass is 10.1. The van der Waals surface area contributed by atoms with Crippen molar-refractivity contribution >= 4 is 27.3 Å². The Morgan fingerprint density at radius 2 is 2.22 bits per heavy atom. The van der Waals surface area contributed by atoms with Crippen molar-refractivity contribution in [3.8, 4) is 0 Å². The summed E-state index contributed by atoms with van der Waals surface area (Å²) >= 11 is 5.07. The number of aliphatic hydroxyl groups is 1. The molecule has 2 nitrogen and oxygen atoms in total. The summed E-state index contributed by atoms with van der Waals surface area (Å²) in [5.41, 5.74) is 3.33. The molecule has 2 aromatic heterocycles. The van der Waals surface area contributed by atoms with E-state index in [9.17, 15) is 5.11 Å². The molecule has 1 atom stereocenters. The third-order valence-electron chi connectivity index (χ3n) is 2.90. The van der Waals surface area contributed by atoms with Crippen molar-refractivity contribution < 1.29 is 5.11 Å². The van der Waals surface area contributed by atoms with Crippen LogP contribution in [0.25, 0.3) is 0 Å². The van der Waals surface area contributed by atoms with E-state index in [0.717, 1.165) is 20.8 Å². The Hall–Kier alpha value is -0.710. The second-order valence-electron chi connectivity index (χ2n) is 4.34. The molecule has 0 spiro atoms. The smallest absolute Gasteiger partial charge is 0.0937 e. The van der Waals surface area contributed by atoms with Crippen LogP contribution in [0.15, 0.2) is 28.2 Å². The molecular formula is C14H16BrNOS. The third-order valence-corrected chi connectivity index (χ3v) is 5.14. The zero-order valence-electron chi connectivity index (χ0n) is 10.5. The lowest BCUT2D eigenvalue weighted by molar-refractivity contribution is 0.181. The number of aryl methyl sites for hydroxylation is 2. The summed E-state index contributed by atoms with van der Waals surface area (Å²) in [6.07, 6.45) is 2.97. The molecule has 0 amide bonds. The van der Waals surface area contributed by atoms with Gasteiger partial charge >= 0.3 is 0 Å². The Bertz CT molecular complexity index is 502. The van der Waals surface area contributed by atoms with Crippen LogP contribution in [0, 0.1) is 6.92 Å². The molecule has 1 N–H and O–H groups in total. The van der Waals surface area contributed by atoms with E-state index >= 15 is 0 Å². The van der Waals surface area contributed by atoms with E-state index in [2.05, 4.69) is 33.9 Å². The topological polar surface area (TPSA) is 33.1 Å². The summed E-state index contributed by atoms with van der Waals surface area (Å²) in [6.45, 7) is 4.14. The first-order valence-corrected chi connectivity index (χ1v) is 7.58. The lowest BCUT2D eigenvalue weighted by Crippen LogP contribution is -2.01. The van der Waals surface area contributed by atoms with E-state index in [-0.39, 0.29) is 0 Å². The van der Waals surface area contributed by atoms with Gasteiger partial charge in [0, 0.05) is 23.2 Å². The van der Waals surface area contributed by atoms with E-state index < -0.39 is 6.10 Å². The Balaban J connectivity index is 2.08. The van der Waals surface area contributed by atoms with Crippen molar-refractivity contribution in [1.29, 1.82) is 0 Å². The van der Waals surface area contributed by atoms with Gasteiger partial charge in [-0.1, -0.05) is 13.0 Å². The van der Waals surface area contributed by atoms with Gasteiger partial charge in [0.15, 0.2) is 0 Å². The van der Waals surface area contributed by atoms with Crippen LogP contribution in [0.4, 0.5) is 0 Å². The first-order valence-electron chi connectivity index (χ1n) is 5.98. The number of halogens is 1. The Morgan fingerprint density at radius 1 is 1.44 bits per heavy atom. The molecule has 1 unspecified atom stereocenters. The maximum absolute atomic E-state index is 10.2. The summed E-state index contributed by atoms with van der Waals surface area (Å²) in [5.74, 6) is 0. The van der Waals surface area contributed by atoms with E-state index in [1.807, 2.05) is 25.3 Å². The van der Waals surface area contributed by atoms with Crippen LogP contribution in [-0.2, 0) is 12.8 Å². The highest BCUT2D eigenvalue weighted by Crippen LogP contribution is 2.32. The number of hydrogen-bond acceptors (Lipinski definition) is 3. The van der Waals surface area contributed by atoms with Crippen LogP contribution in [0.2, 0.25) is 0 Å². The SMILES string of the molecule is CCc1ccc(CC(O)c2cc(C)c(Br)s2)nc1. The fourth-order valence-electron chi connectivity index (χ4n) is 1.73. The maximum atomic E-state index is 10.2. The van der Waals surface area contributed by atoms with Crippen molar-refractivity contribution in [3.05, 3.63) is 49.9 Å². The predicted octanol–water partition coefficient (Wildman–Crippen LogP) is 4.05. The highest BCUT2D eigenvalue weighted by Gasteiger charge is 2.13. The molecule has 2 aromatic rings. The quantitative estimate of drug-likeness (QED) is 0.919. The molecular weight excluding hydrogens is 310 g/mol. The minimum absolute atomic E-state index is 0.472. The summed E-state index contributed by atoms with van der Waals surface area (Å²) in [5, 5.41) is 10.2. The molecule has 0 aliphatic rings. The van der Waals surface area contributed by atoms with Crippen LogP contribution in [0.5, 0.6) is 0 Å². The standard InChI is InChI=1S/C14H16BrNOS/c1-3-10-4-5-11(16-8-10)7-12(17)13-6-9(2)14(15)18-13/h4-6,8,12,17H,3,7H2,1-2H3. The van der Waals surface area contributed by atoms with Crippen LogP contribution in [-0.4, -0.2) is 10.1 Å². The van der Waals surface area contributed by atoms with Crippen LogP contribution in [0.3, 0.4) is 0 Å². The van der Waals surface area contributed by atoms with Gasteiger partial charge in [0.2, 0.25) is 0 Å². The van der Waals surface area contributed by atoms with Crippen molar-refractivity contribution in [3.63, 3.8) is 0 Å². The molecule has 0 saturated heterocycles. The second kappa shape index (κ2) is 5.95. The van der Waals surface area contributed by atoms with Crippen molar-refractivity contribution in [1.82, 2.24) is 4.98 Å². The van der Waals surface area contributed by atoms with Crippen LogP contribution < -0.4 is 0 Å². The van der Waals surface area contributed by atoms with Gasteiger partial charge in [0.1, 0.15) is 0 Å². The summed E-state index contributed by atoms with van der Waals surface area (Å²) in [6, 6.07) is 6.10. The molecule has 0 saturated carbocycles. The lowest BCUT2D eigenvalue weighted by Gasteiger charge is -2.08. The number of hydrogen-bond donors (Lipinski definition) is 1.